The van der Waals surface area contributed by atoms with Gasteiger partial charge in [0.25, 0.3) is 0 Å². The summed E-state index contributed by atoms with van der Waals surface area (Å²) in [5.74, 6) is 0.708. The van der Waals surface area contributed by atoms with Crippen LogP contribution >= 0.6 is 23.1 Å². The molecule has 154 valence electrons. The number of benzene rings is 2. The lowest BCUT2D eigenvalue weighted by atomic mass is 10.3. The molecule has 0 bridgehead atoms. The highest BCUT2D eigenvalue weighted by Crippen LogP contribution is 2.29. The summed E-state index contributed by atoms with van der Waals surface area (Å²) in [4.78, 5) is 22.6. The zero-order valence-corrected chi connectivity index (χ0v) is 18.4. The summed E-state index contributed by atoms with van der Waals surface area (Å²) >= 11 is 3.22. The van der Waals surface area contributed by atoms with Crippen molar-refractivity contribution >= 4 is 44.4 Å². The smallest absolute Gasteiger partial charge is 0.228 e. The zero-order valence-electron chi connectivity index (χ0n) is 16.8. The van der Waals surface area contributed by atoms with E-state index >= 15 is 0 Å². The van der Waals surface area contributed by atoms with Crippen molar-refractivity contribution in [3.63, 3.8) is 0 Å². The quantitative estimate of drug-likeness (QED) is 0.323. The molecule has 1 aromatic heterocycles. The fourth-order valence-electron chi connectivity index (χ4n) is 2.93. The summed E-state index contributed by atoms with van der Waals surface area (Å²) in [7, 11) is 4.08. The van der Waals surface area contributed by atoms with Crippen LogP contribution in [0.3, 0.4) is 0 Å². The fourth-order valence-corrected chi connectivity index (χ4v) is 4.79. The number of para-hydroxylation sites is 1. The molecule has 2 aromatic carbocycles. The molecule has 3 aromatic rings. The molecule has 0 N–H and O–H groups in total. The van der Waals surface area contributed by atoms with E-state index < -0.39 is 0 Å². The molecule has 4 nitrogen and oxygen atoms in total. The number of anilines is 1. The van der Waals surface area contributed by atoms with Gasteiger partial charge in [-0.25, -0.2) is 9.37 Å². The number of thiazole rings is 1. The Kier molecular flexibility index (Phi) is 8.03. The number of aromatic nitrogens is 1. The summed E-state index contributed by atoms with van der Waals surface area (Å²) in [6.45, 7) is 1.59. The van der Waals surface area contributed by atoms with E-state index in [1.165, 1.54) is 12.1 Å². The van der Waals surface area contributed by atoms with Crippen molar-refractivity contribution in [1.82, 2.24) is 9.88 Å². The lowest BCUT2D eigenvalue weighted by Gasteiger charge is -2.21. The molecular formula is C22H26FN3OS2. The van der Waals surface area contributed by atoms with Gasteiger partial charge in [0.05, 0.1) is 10.2 Å². The van der Waals surface area contributed by atoms with Gasteiger partial charge in [-0.15, -0.1) is 11.8 Å². The lowest BCUT2D eigenvalue weighted by Crippen LogP contribution is -2.33. The van der Waals surface area contributed by atoms with E-state index in [0.29, 0.717) is 13.0 Å². The maximum absolute atomic E-state index is 13.0. The third-order valence-corrected chi connectivity index (χ3v) is 6.58. The number of nitrogens with zero attached hydrogens (tertiary/aromatic N) is 3. The number of carbonyl (C=O) groups is 1. The molecule has 1 heterocycles. The van der Waals surface area contributed by atoms with Crippen molar-refractivity contribution in [2.75, 3.05) is 37.8 Å². The van der Waals surface area contributed by atoms with Gasteiger partial charge in [0, 0.05) is 17.9 Å². The highest BCUT2D eigenvalue weighted by Gasteiger charge is 2.19. The average Bonchev–Trinajstić information content (AvgIpc) is 3.13. The second kappa shape index (κ2) is 10.7. The normalized spacial score (nSPS) is 11.3. The number of hydrogen-bond donors (Lipinski definition) is 0. The first-order valence-electron chi connectivity index (χ1n) is 9.72. The Balaban J connectivity index is 1.59. The molecule has 0 unspecified atom stereocenters. The molecule has 0 aliphatic heterocycles. The standard InChI is InChI=1S/C22H26FN3OS2/c1-25(2)14-6-15-26(22-24-19-7-3-4-8-20(19)29-22)21(27)9-5-16-28-18-12-10-17(23)11-13-18/h3-4,7-8,10-13H,5-6,9,14-16H2,1-2H3. The Morgan fingerprint density at radius 1 is 1.07 bits per heavy atom. The molecule has 7 heteroatoms. The monoisotopic (exact) mass is 431 g/mol. The highest BCUT2D eigenvalue weighted by atomic mass is 32.2. The summed E-state index contributed by atoms with van der Waals surface area (Å²) in [5, 5.41) is 0.779. The van der Waals surface area contributed by atoms with Gasteiger partial charge in [0.15, 0.2) is 5.13 Å². The molecular weight excluding hydrogens is 405 g/mol. The second-order valence-corrected chi connectivity index (χ2v) is 9.25. The molecule has 0 aliphatic rings. The van der Waals surface area contributed by atoms with Gasteiger partial charge in [0.1, 0.15) is 5.82 Å². The van der Waals surface area contributed by atoms with Crippen molar-refractivity contribution in [3.05, 3.63) is 54.3 Å². The van der Waals surface area contributed by atoms with Crippen molar-refractivity contribution in [2.24, 2.45) is 0 Å². The first-order chi connectivity index (χ1) is 14.0. The summed E-state index contributed by atoms with van der Waals surface area (Å²) < 4.78 is 14.1. The first kappa shape index (κ1) is 21.7. The summed E-state index contributed by atoms with van der Waals surface area (Å²) in [6.07, 6.45) is 2.15. The van der Waals surface area contributed by atoms with Gasteiger partial charge in [-0.1, -0.05) is 23.5 Å². The molecule has 3 rings (SSSR count). The van der Waals surface area contributed by atoms with Gasteiger partial charge in [-0.2, -0.15) is 0 Å². The van der Waals surface area contributed by atoms with Crippen LogP contribution in [0.2, 0.25) is 0 Å². The Morgan fingerprint density at radius 3 is 2.55 bits per heavy atom. The van der Waals surface area contributed by atoms with Gasteiger partial charge < -0.3 is 4.90 Å². The fraction of sp³-hybridized carbons (Fsp3) is 0.364. The Morgan fingerprint density at radius 2 is 1.83 bits per heavy atom. The Labute approximate surface area is 179 Å². The molecule has 0 saturated heterocycles. The first-order valence-corrected chi connectivity index (χ1v) is 11.5. The van der Waals surface area contributed by atoms with E-state index in [1.54, 1.807) is 35.2 Å². The molecule has 0 aliphatic carbocycles. The van der Waals surface area contributed by atoms with Crippen LogP contribution in [0, 0.1) is 5.82 Å². The number of halogens is 1. The van der Waals surface area contributed by atoms with Crippen molar-refractivity contribution in [1.29, 1.82) is 0 Å². The van der Waals surface area contributed by atoms with E-state index in [0.717, 1.165) is 45.4 Å². The Bertz CT molecular complexity index is 894. The third-order valence-electron chi connectivity index (χ3n) is 4.42. The Hall–Kier alpha value is -1.96. The molecule has 29 heavy (non-hydrogen) atoms. The molecule has 0 fully saturated rings. The molecule has 0 atom stereocenters. The van der Waals surface area contributed by atoms with E-state index in [9.17, 15) is 9.18 Å². The summed E-state index contributed by atoms with van der Waals surface area (Å²) in [5.41, 5.74) is 0.935. The predicted molar refractivity (Wildman–Crippen MR) is 122 cm³/mol. The number of rotatable bonds is 10. The van der Waals surface area contributed by atoms with Gasteiger partial charge >= 0.3 is 0 Å². The maximum atomic E-state index is 13.0. The average molecular weight is 432 g/mol. The largest absolute Gasteiger partial charge is 0.309 e. The van der Waals surface area contributed by atoms with Crippen LogP contribution in [0.1, 0.15) is 19.3 Å². The summed E-state index contributed by atoms with van der Waals surface area (Å²) in [6, 6.07) is 14.5. The number of amides is 1. The minimum Gasteiger partial charge on any atom is -0.309 e. The number of carbonyl (C=O) groups excluding carboxylic acids is 1. The van der Waals surface area contributed by atoms with E-state index in [4.69, 9.17) is 0 Å². The van der Waals surface area contributed by atoms with Gasteiger partial charge in [-0.05, 0) is 75.6 Å². The lowest BCUT2D eigenvalue weighted by molar-refractivity contribution is -0.118. The van der Waals surface area contributed by atoms with E-state index in [1.807, 2.05) is 43.3 Å². The minimum atomic E-state index is -0.228. The van der Waals surface area contributed by atoms with Crippen molar-refractivity contribution < 1.29 is 9.18 Å². The third kappa shape index (κ3) is 6.52. The molecule has 1 amide bonds. The van der Waals surface area contributed by atoms with Crippen LogP contribution in [0.4, 0.5) is 9.52 Å². The van der Waals surface area contributed by atoms with Crippen LogP contribution < -0.4 is 4.90 Å². The number of fused-ring (bicyclic) bond motifs is 1. The second-order valence-electron chi connectivity index (χ2n) is 7.07. The maximum Gasteiger partial charge on any atom is 0.228 e. The van der Waals surface area contributed by atoms with E-state index in [2.05, 4.69) is 9.88 Å². The van der Waals surface area contributed by atoms with E-state index in [-0.39, 0.29) is 11.7 Å². The molecule has 0 saturated carbocycles. The highest BCUT2D eigenvalue weighted by molar-refractivity contribution is 7.99. The molecule has 0 radical (unpaired) electrons. The van der Waals surface area contributed by atoms with Crippen LogP contribution in [-0.4, -0.2) is 48.7 Å². The van der Waals surface area contributed by atoms with Crippen LogP contribution in [0.5, 0.6) is 0 Å². The topological polar surface area (TPSA) is 36.4 Å². The van der Waals surface area contributed by atoms with Crippen molar-refractivity contribution in [2.45, 2.75) is 24.2 Å². The van der Waals surface area contributed by atoms with Gasteiger partial charge in [0.2, 0.25) is 5.91 Å². The van der Waals surface area contributed by atoms with Crippen molar-refractivity contribution in [3.8, 4) is 0 Å². The predicted octanol–water partition coefficient (Wildman–Crippen LogP) is 5.29. The molecule has 0 spiro atoms. The van der Waals surface area contributed by atoms with Gasteiger partial charge in [-0.3, -0.25) is 9.69 Å². The zero-order chi connectivity index (χ0) is 20.6. The number of thioether (sulfide) groups is 1. The SMILES string of the molecule is CN(C)CCCN(C(=O)CCCSc1ccc(F)cc1)c1nc2ccccc2s1. The van der Waals surface area contributed by atoms with Crippen LogP contribution in [0.15, 0.2) is 53.4 Å². The van der Waals surface area contributed by atoms with Crippen LogP contribution in [0.25, 0.3) is 10.2 Å². The van der Waals surface area contributed by atoms with Crippen LogP contribution in [-0.2, 0) is 4.79 Å². The number of hydrogen-bond acceptors (Lipinski definition) is 5. The minimum absolute atomic E-state index is 0.113.